The van der Waals surface area contributed by atoms with Crippen molar-refractivity contribution in [3.05, 3.63) is 29.8 Å². The van der Waals surface area contributed by atoms with Crippen molar-refractivity contribution in [2.24, 2.45) is 10.7 Å². The number of hydrogen-bond donors (Lipinski definition) is 3. The number of benzene rings is 1. The fourth-order valence-corrected chi connectivity index (χ4v) is 2.45. The zero-order valence-electron chi connectivity index (χ0n) is 13.8. The molecule has 4 N–H and O–H groups in total. The highest BCUT2D eigenvalue weighted by Gasteiger charge is 2.23. The summed E-state index contributed by atoms with van der Waals surface area (Å²) in [5, 5.41) is 12.4. The quantitative estimate of drug-likeness (QED) is 0.372. The monoisotopic (exact) mass is 448 g/mol. The first kappa shape index (κ1) is 20.3. The molecule has 1 aromatic carbocycles. The topological polar surface area (TPSA) is 100 Å². The lowest BCUT2D eigenvalue weighted by molar-refractivity contribution is 0.0963. The zero-order chi connectivity index (χ0) is 16.7. The van der Waals surface area contributed by atoms with Gasteiger partial charge < -0.3 is 25.8 Å². The first-order valence-electron chi connectivity index (χ1n) is 7.84. The number of phenols is 1. The molecule has 1 heterocycles. The van der Waals surface area contributed by atoms with E-state index in [1.54, 1.807) is 24.0 Å². The Morgan fingerprint density at radius 1 is 1.38 bits per heavy atom. The van der Waals surface area contributed by atoms with E-state index in [1.165, 1.54) is 0 Å². The highest BCUT2D eigenvalue weighted by molar-refractivity contribution is 14.0. The molecule has 1 aromatic rings. The van der Waals surface area contributed by atoms with Gasteiger partial charge in [0.25, 0.3) is 0 Å². The van der Waals surface area contributed by atoms with Gasteiger partial charge in [-0.05, 0) is 37.5 Å². The molecule has 0 radical (unpaired) electrons. The molecule has 1 aliphatic heterocycles. The van der Waals surface area contributed by atoms with Crippen LogP contribution in [0, 0.1) is 0 Å². The van der Waals surface area contributed by atoms with Crippen LogP contribution in [0.25, 0.3) is 0 Å². The van der Waals surface area contributed by atoms with Gasteiger partial charge in [-0.3, -0.25) is 0 Å². The van der Waals surface area contributed by atoms with Gasteiger partial charge in [-0.25, -0.2) is 9.79 Å². The summed E-state index contributed by atoms with van der Waals surface area (Å²) in [5.41, 5.74) is 6.89. The molecule has 1 aliphatic rings. The summed E-state index contributed by atoms with van der Waals surface area (Å²) in [4.78, 5) is 17.6. The van der Waals surface area contributed by atoms with Crippen molar-refractivity contribution in [2.45, 2.75) is 32.4 Å². The Labute approximate surface area is 159 Å². The van der Waals surface area contributed by atoms with Gasteiger partial charge in [0, 0.05) is 19.1 Å². The molecule has 8 heteroatoms. The number of nitrogens with zero attached hydrogens (tertiary/aromatic N) is 2. The van der Waals surface area contributed by atoms with E-state index in [-0.39, 0.29) is 41.9 Å². The minimum atomic E-state index is -0.250. The van der Waals surface area contributed by atoms with E-state index in [2.05, 4.69) is 10.3 Å². The molecular formula is C16H25IN4O3. The summed E-state index contributed by atoms with van der Waals surface area (Å²) >= 11 is 0. The third-order valence-corrected chi connectivity index (χ3v) is 3.74. The second kappa shape index (κ2) is 10.2. The van der Waals surface area contributed by atoms with Crippen molar-refractivity contribution in [3.63, 3.8) is 0 Å². The van der Waals surface area contributed by atoms with Crippen LogP contribution in [0.2, 0.25) is 0 Å². The van der Waals surface area contributed by atoms with Gasteiger partial charge in [0.1, 0.15) is 5.75 Å². The van der Waals surface area contributed by atoms with Gasteiger partial charge in [0.2, 0.25) is 0 Å². The summed E-state index contributed by atoms with van der Waals surface area (Å²) in [5.74, 6) is 0.629. The van der Waals surface area contributed by atoms with Gasteiger partial charge in [-0.2, -0.15) is 0 Å². The van der Waals surface area contributed by atoms with Crippen molar-refractivity contribution in [3.8, 4) is 5.75 Å². The lowest BCUT2D eigenvalue weighted by atomic mass is 10.1. The molecule has 24 heavy (non-hydrogen) atoms. The average molecular weight is 448 g/mol. The van der Waals surface area contributed by atoms with Crippen LogP contribution >= 0.6 is 24.0 Å². The number of carbonyl (C=O) groups excluding carboxylic acids is 1. The number of nitrogens with two attached hydrogens (primary N) is 1. The summed E-state index contributed by atoms with van der Waals surface area (Å²) in [6.07, 6.45) is 1.38. The molecule has 134 valence electrons. The van der Waals surface area contributed by atoms with Crippen molar-refractivity contribution in [1.29, 1.82) is 0 Å². The number of likely N-dealkylation sites (tertiary alicyclic amines) is 1. The van der Waals surface area contributed by atoms with Crippen LogP contribution in [-0.4, -0.2) is 47.8 Å². The van der Waals surface area contributed by atoms with Gasteiger partial charge in [-0.1, -0.05) is 12.1 Å². The minimum Gasteiger partial charge on any atom is -0.508 e. The molecule has 0 saturated carbocycles. The molecule has 1 amide bonds. The minimum absolute atomic E-state index is 0. The van der Waals surface area contributed by atoms with Crippen molar-refractivity contribution < 1.29 is 14.6 Å². The largest absolute Gasteiger partial charge is 0.508 e. The van der Waals surface area contributed by atoms with Crippen LogP contribution in [0.5, 0.6) is 5.75 Å². The summed E-state index contributed by atoms with van der Waals surface area (Å²) < 4.78 is 4.99. The molecule has 0 unspecified atom stereocenters. The van der Waals surface area contributed by atoms with E-state index in [4.69, 9.17) is 10.5 Å². The first-order chi connectivity index (χ1) is 11.1. The van der Waals surface area contributed by atoms with Gasteiger partial charge in [-0.15, -0.1) is 24.0 Å². The lowest BCUT2D eigenvalue weighted by Crippen LogP contribution is -2.48. The summed E-state index contributed by atoms with van der Waals surface area (Å²) in [7, 11) is 0. The third kappa shape index (κ3) is 6.42. The van der Waals surface area contributed by atoms with Crippen LogP contribution in [-0.2, 0) is 11.3 Å². The van der Waals surface area contributed by atoms with E-state index in [0.29, 0.717) is 32.2 Å². The van der Waals surface area contributed by atoms with Crippen LogP contribution in [0.4, 0.5) is 4.79 Å². The standard InChI is InChI=1S/C16H24N4O3.HI/c1-2-23-16(22)20-9-7-13(8-10-20)19-15(17)18-11-12-3-5-14(21)6-4-12;/h3-6,13,21H,2,7-11H2,1H3,(H3,17,18,19);1H. The Morgan fingerprint density at radius 2 is 2.00 bits per heavy atom. The predicted octanol–water partition coefficient (Wildman–Crippen LogP) is 2.04. The number of amides is 1. The normalized spacial score (nSPS) is 15.5. The maximum Gasteiger partial charge on any atom is 0.409 e. The zero-order valence-corrected chi connectivity index (χ0v) is 16.1. The Bertz CT molecular complexity index is 543. The van der Waals surface area contributed by atoms with Gasteiger partial charge in [0.15, 0.2) is 5.96 Å². The van der Waals surface area contributed by atoms with E-state index < -0.39 is 0 Å². The number of aliphatic imine (C=N–C) groups is 1. The van der Waals surface area contributed by atoms with Gasteiger partial charge in [0.05, 0.1) is 13.2 Å². The highest BCUT2D eigenvalue weighted by atomic mass is 127. The van der Waals surface area contributed by atoms with Crippen LogP contribution in [0.3, 0.4) is 0 Å². The van der Waals surface area contributed by atoms with Gasteiger partial charge >= 0.3 is 6.09 Å². The number of piperidine rings is 1. The Hall–Kier alpha value is -1.71. The second-order valence-corrected chi connectivity index (χ2v) is 5.47. The third-order valence-electron chi connectivity index (χ3n) is 3.74. The second-order valence-electron chi connectivity index (χ2n) is 5.47. The Morgan fingerprint density at radius 3 is 2.58 bits per heavy atom. The smallest absolute Gasteiger partial charge is 0.409 e. The van der Waals surface area contributed by atoms with E-state index in [9.17, 15) is 9.90 Å². The molecule has 1 fully saturated rings. The number of hydrogen-bond acceptors (Lipinski definition) is 4. The molecule has 0 aliphatic carbocycles. The molecule has 0 spiro atoms. The number of nitrogens with one attached hydrogen (secondary N) is 1. The Kier molecular flexibility index (Phi) is 8.66. The first-order valence-corrected chi connectivity index (χ1v) is 7.84. The molecule has 0 atom stereocenters. The Balaban J connectivity index is 0.00000288. The van der Waals surface area contributed by atoms with E-state index in [1.807, 2.05) is 12.1 Å². The van der Waals surface area contributed by atoms with Crippen molar-refractivity contribution >= 4 is 36.0 Å². The maximum atomic E-state index is 11.6. The average Bonchev–Trinajstić information content (AvgIpc) is 2.55. The maximum absolute atomic E-state index is 11.6. The molecule has 7 nitrogen and oxygen atoms in total. The summed E-state index contributed by atoms with van der Waals surface area (Å²) in [6.45, 7) is 3.97. The SMILES string of the molecule is CCOC(=O)N1CCC(NC(N)=NCc2ccc(O)cc2)CC1.I. The fraction of sp³-hybridized carbons (Fsp3) is 0.500. The number of ether oxygens (including phenoxy) is 1. The van der Waals surface area contributed by atoms with Crippen LogP contribution in [0.15, 0.2) is 29.3 Å². The fourth-order valence-electron chi connectivity index (χ4n) is 2.45. The summed E-state index contributed by atoms with van der Waals surface area (Å²) in [6, 6.07) is 7.08. The number of halogens is 1. The number of guanidine groups is 1. The molecule has 0 aromatic heterocycles. The number of rotatable bonds is 4. The van der Waals surface area contributed by atoms with Crippen molar-refractivity contribution in [1.82, 2.24) is 10.2 Å². The number of aromatic hydroxyl groups is 1. The predicted molar refractivity (Wildman–Crippen MR) is 104 cm³/mol. The highest BCUT2D eigenvalue weighted by Crippen LogP contribution is 2.12. The van der Waals surface area contributed by atoms with E-state index >= 15 is 0 Å². The molecule has 2 rings (SSSR count). The van der Waals surface area contributed by atoms with Crippen LogP contribution < -0.4 is 11.1 Å². The molecular weight excluding hydrogens is 423 g/mol. The number of carbonyl (C=O) groups is 1. The number of phenolic OH excluding ortho intramolecular Hbond substituents is 1. The van der Waals surface area contributed by atoms with E-state index in [0.717, 1.165) is 18.4 Å². The van der Waals surface area contributed by atoms with Crippen molar-refractivity contribution in [2.75, 3.05) is 19.7 Å². The van der Waals surface area contributed by atoms with Crippen LogP contribution in [0.1, 0.15) is 25.3 Å². The molecule has 0 bridgehead atoms. The molecule has 1 saturated heterocycles. The lowest BCUT2D eigenvalue weighted by Gasteiger charge is -2.31.